The third-order valence-corrected chi connectivity index (χ3v) is 11.1. The Morgan fingerprint density at radius 1 is 0.958 bits per heavy atom. The van der Waals surface area contributed by atoms with Crippen LogP contribution in [0.4, 0.5) is 10.5 Å². The number of nitriles is 1. The Labute approximate surface area is 281 Å². The first-order valence-corrected chi connectivity index (χ1v) is 17.5. The van der Waals surface area contributed by atoms with Crippen molar-refractivity contribution in [2.24, 2.45) is 0 Å². The number of amides is 2. The van der Waals surface area contributed by atoms with Gasteiger partial charge < -0.3 is 24.0 Å². The van der Waals surface area contributed by atoms with Gasteiger partial charge in [-0.1, -0.05) is 18.2 Å². The second-order valence-corrected chi connectivity index (χ2v) is 13.9. The van der Waals surface area contributed by atoms with Gasteiger partial charge in [-0.15, -0.1) is 0 Å². The minimum Gasteiger partial charge on any atom is -0.497 e. The molecule has 0 aliphatic carbocycles. The summed E-state index contributed by atoms with van der Waals surface area (Å²) in [6.45, 7) is 6.10. The molecular weight excluding hydrogens is 634 g/mol. The van der Waals surface area contributed by atoms with Crippen molar-refractivity contribution in [1.29, 1.82) is 5.26 Å². The van der Waals surface area contributed by atoms with E-state index in [4.69, 9.17) is 14.2 Å². The molecule has 3 aliphatic heterocycles. The molecule has 0 aromatic heterocycles. The lowest BCUT2D eigenvalue weighted by atomic mass is 9.85. The van der Waals surface area contributed by atoms with Crippen LogP contribution in [0.1, 0.15) is 36.5 Å². The van der Waals surface area contributed by atoms with Gasteiger partial charge in [-0.05, 0) is 88.4 Å². The maximum absolute atomic E-state index is 15.0. The predicted molar refractivity (Wildman–Crippen MR) is 177 cm³/mol. The molecular formula is C35H39N5O7S. The molecule has 1 atom stereocenters. The number of piperidine rings is 1. The number of methoxy groups -OCH3 is 1. The molecule has 0 saturated carbocycles. The summed E-state index contributed by atoms with van der Waals surface area (Å²) < 4.78 is 46.7. The molecule has 3 aliphatic rings. The number of hydrogen-bond acceptors (Lipinski definition) is 10. The largest absolute Gasteiger partial charge is 0.497 e. The third-order valence-electron chi connectivity index (χ3n) is 9.39. The van der Waals surface area contributed by atoms with Crippen LogP contribution in [0, 0.1) is 11.3 Å². The molecule has 3 aromatic carbocycles. The minimum atomic E-state index is -4.54. The van der Waals surface area contributed by atoms with E-state index in [0.717, 1.165) is 25.9 Å². The predicted octanol–water partition coefficient (Wildman–Crippen LogP) is 3.79. The molecule has 3 aromatic rings. The van der Waals surface area contributed by atoms with Crippen LogP contribution in [0.15, 0.2) is 71.6 Å². The molecule has 3 heterocycles. The van der Waals surface area contributed by atoms with Gasteiger partial charge in [0.1, 0.15) is 11.5 Å². The number of ether oxygens (including phenoxy) is 3. The summed E-state index contributed by atoms with van der Waals surface area (Å²) in [6, 6.07) is 19.0. The number of nitrogens with zero attached hydrogens (tertiary/aromatic N) is 5. The van der Waals surface area contributed by atoms with E-state index < -0.39 is 27.6 Å². The highest BCUT2D eigenvalue weighted by Crippen LogP contribution is 2.52. The standard InChI is InChI=1S/C35H39N5O7S/c1-4-46-32-8-6-5-7-29(32)35(47-34(42)39-21-19-38(20-22-39)26-15-17-37(2)18-16-26)30-23-25(24-36)9-14-31(30)40(33(35)41)48(43,44)28-12-10-27(45-3)11-13-28/h5-14,23,26H,4,15-22H2,1-3H3. The van der Waals surface area contributed by atoms with Crippen LogP contribution in [-0.4, -0.2) is 101 Å². The van der Waals surface area contributed by atoms with E-state index in [9.17, 15) is 23.3 Å². The van der Waals surface area contributed by atoms with Crippen molar-refractivity contribution in [1.82, 2.24) is 14.7 Å². The number of fused-ring (bicyclic) bond motifs is 1. The van der Waals surface area contributed by atoms with Crippen LogP contribution >= 0.6 is 0 Å². The number of sulfonamides is 1. The molecule has 0 N–H and O–H groups in total. The van der Waals surface area contributed by atoms with Crippen molar-refractivity contribution in [3.05, 3.63) is 83.4 Å². The molecule has 0 spiro atoms. The van der Waals surface area contributed by atoms with E-state index in [1.165, 1.54) is 49.6 Å². The molecule has 0 bridgehead atoms. The fourth-order valence-corrected chi connectivity index (χ4v) is 8.26. The summed E-state index contributed by atoms with van der Waals surface area (Å²) in [5.74, 6) is -0.343. The molecule has 2 saturated heterocycles. The SMILES string of the molecule is CCOc1ccccc1C1(OC(=O)N2CCN(C3CCN(C)CC3)CC2)C(=O)N(S(=O)(=O)c2ccc(OC)cc2)c2ccc(C#N)cc21. The van der Waals surface area contributed by atoms with E-state index in [1.807, 2.05) is 0 Å². The maximum Gasteiger partial charge on any atom is 0.411 e. The number of piperazine rings is 1. The zero-order valence-electron chi connectivity index (χ0n) is 27.3. The Morgan fingerprint density at radius 3 is 2.29 bits per heavy atom. The van der Waals surface area contributed by atoms with Crippen LogP contribution in [-0.2, 0) is 25.2 Å². The summed E-state index contributed by atoms with van der Waals surface area (Å²) >= 11 is 0. The van der Waals surface area contributed by atoms with Crippen molar-refractivity contribution in [2.75, 3.05) is 64.3 Å². The average molecular weight is 674 g/mol. The van der Waals surface area contributed by atoms with Gasteiger partial charge in [0.15, 0.2) is 0 Å². The summed E-state index contributed by atoms with van der Waals surface area (Å²) in [6.07, 6.45) is 1.35. The maximum atomic E-state index is 15.0. The summed E-state index contributed by atoms with van der Waals surface area (Å²) in [4.78, 5) is 35.2. The first-order valence-electron chi connectivity index (χ1n) is 16.0. The van der Waals surface area contributed by atoms with Gasteiger partial charge in [-0.2, -0.15) is 9.57 Å². The monoisotopic (exact) mass is 673 g/mol. The highest BCUT2D eigenvalue weighted by atomic mass is 32.2. The molecule has 6 rings (SSSR count). The summed E-state index contributed by atoms with van der Waals surface area (Å²) in [5.41, 5.74) is -1.95. The van der Waals surface area contributed by atoms with Crippen LogP contribution in [0.25, 0.3) is 0 Å². The molecule has 1 unspecified atom stereocenters. The van der Waals surface area contributed by atoms with E-state index >= 15 is 0 Å². The number of carbonyl (C=O) groups is 2. The van der Waals surface area contributed by atoms with Crippen LogP contribution in [0.3, 0.4) is 0 Å². The fraction of sp³-hybridized carbons (Fsp3) is 0.400. The van der Waals surface area contributed by atoms with Crippen molar-refractivity contribution < 1.29 is 32.2 Å². The van der Waals surface area contributed by atoms with Crippen molar-refractivity contribution >= 4 is 27.7 Å². The molecule has 0 radical (unpaired) electrons. The Bertz CT molecular complexity index is 1830. The van der Waals surface area contributed by atoms with E-state index in [2.05, 4.69) is 22.9 Å². The van der Waals surface area contributed by atoms with E-state index in [1.54, 1.807) is 36.1 Å². The normalized spacial score (nSPS) is 20.7. The first kappa shape index (κ1) is 33.3. The average Bonchev–Trinajstić information content (AvgIpc) is 3.36. The highest BCUT2D eigenvalue weighted by Gasteiger charge is 2.61. The van der Waals surface area contributed by atoms with Crippen molar-refractivity contribution in [2.45, 2.75) is 36.3 Å². The van der Waals surface area contributed by atoms with Crippen LogP contribution in [0.5, 0.6) is 11.5 Å². The number of anilines is 1. The number of likely N-dealkylation sites (tertiary alicyclic amines) is 1. The van der Waals surface area contributed by atoms with Crippen molar-refractivity contribution in [3.8, 4) is 17.6 Å². The van der Waals surface area contributed by atoms with Crippen molar-refractivity contribution in [3.63, 3.8) is 0 Å². The van der Waals surface area contributed by atoms with Crippen LogP contribution < -0.4 is 13.8 Å². The first-order chi connectivity index (χ1) is 23.1. The highest BCUT2D eigenvalue weighted by molar-refractivity contribution is 7.93. The molecule has 13 heteroatoms. The Balaban J connectivity index is 1.43. The number of benzene rings is 3. The quantitative estimate of drug-likeness (QED) is 0.348. The zero-order valence-corrected chi connectivity index (χ0v) is 28.1. The van der Waals surface area contributed by atoms with Gasteiger partial charge >= 0.3 is 6.09 Å². The van der Waals surface area contributed by atoms with E-state index in [0.29, 0.717) is 42.3 Å². The number of rotatable bonds is 8. The third kappa shape index (κ3) is 5.85. The van der Waals surface area contributed by atoms with E-state index in [-0.39, 0.29) is 39.6 Å². The number of carbonyl (C=O) groups excluding carboxylic acids is 2. The second-order valence-electron chi connectivity index (χ2n) is 12.1. The molecule has 252 valence electrons. The lowest BCUT2D eigenvalue weighted by Gasteiger charge is -2.42. The minimum absolute atomic E-state index is 0.0268. The molecule has 12 nitrogen and oxygen atoms in total. The van der Waals surface area contributed by atoms with Gasteiger partial charge in [0.25, 0.3) is 15.9 Å². The lowest BCUT2D eigenvalue weighted by molar-refractivity contribution is -0.132. The Morgan fingerprint density at radius 2 is 1.65 bits per heavy atom. The van der Waals surface area contributed by atoms with Gasteiger partial charge in [-0.25, -0.2) is 13.2 Å². The van der Waals surface area contributed by atoms with Gasteiger partial charge in [0.2, 0.25) is 5.60 Å². The fourth-order valence-electron chi connectivity index (χ4n) is 6.80. The number of para-hydroxylation sites is 1. The number of hydrogen-bond donors (Lipinski definition) is 0. The van der Waals surface area contributed by atoms with Gasteiger partial charge in [0, 0.05) is 37.8 Å². The smallest absolute Gasteiger partial charge is 0.411 e. The summed E-state index contributed by atoms with van der Waals surface area (Å²) in [7, 11) is -0.963. The second kappa shape index (κ2) is 13.5. The van der Waals surface area contributed by atoms with Gasteiger partial charge in [0.05, 0.1) is 41.5 Å². The molecule has 2 fully saturated rings. The molecule has 48 heavy (non-hydrogen) atoms. The van der Waals surface area contributed by atoms with Crippen LogP contribution in [0.2, 0.25) is 0 Å². The molecule has 2 amide bonds. The Hall–Kier alpha value is -4.64. The topological polar surface area (TPSA) is 133 Å². The van der Waals surface area contributed by atoms with Gasteiger partial charge in [-0.3, -0.25) is 9.69 Å². The Kier molecular flexibility index (Phi) is 9.33. The summed E-state index contributed by atoms with van der Waals surface area (Å²) in [5, 5.41) is 9.87. The zero-order chi connectivity index (χ0) is 34.1. The lowest BCUT2D eigenvalue weighted by Crippen LogP contribution is -2.55.